The van der Waals surface area contributed by atoms with Crippen LogP contribution in [-0.4, -0.2) is 40.7 Å². The number of rotatable bonds is 6. The second-order valence-corrected chi connectivity index (χ2v) is 9.31. The first-order valence-corrected chi connectivity index (χ1v) is 10.4. The van der Waals surface area contributed by atoms with E-state index in [-0.39, 0.29) is 25.9 Å². The Morgan fingerprint density at radius 1 is 1.15 bits per heavy atom. The Morgan fingerprint density at radius 3 is 2.52 bits per heavy atom. The van der Waals surface area contributed by atoms with Gasteiger partial charge in [-0.3, -0.25) is 0 Å². The van der Waals surface area contributed by atoms with Crippen LogP contribution in [0.4, 0.5) is 0 Å². The van der Waals surface area contributed by atoms with E-state index in [1.807, 2.05) is 37.3 Å². The van der Waals surface area contributed by atoms with Crippen molar-refractivity contribution < 1.29 is 22.6 Å². The lowest BCUT2D eigenvalue weighted by atomic mass is 9.99. The number of methoxy groups -OCH3 is 1. The average Bonchev–Trinajstić information content (AvgIpc) is 3.10. The highest BCUT2D eigenvalue weighted by Crippen LogP contribution is 2.64. The van der Waals surface area contributed by atoms with Crippen LogP contribution in [0.5, 0.6) is 11.5 Å². The van der Waals surface area contributed by atoms with Crippen molar-refractivity contribution in [1.29, 1.82) is 0 Å². The van der Waals surface area contributed by atoms with Gasteiger partial charge in [-0.25, -0.2) is 8.42 Å². The minimum atomic E-state index is -3.57. The predicted molar refractivity (Wildman–Crippen MR) is 101 cm³/mol. The smallest absolute Gasteiger partial charge is 0.231 e. The Kier molecular flexibility index (Phi) is 4.41. The third-order valence-corrected chi connectivity index (χ3v) is 7.95. The summed E-state index contributed by atoms with van der Waals surface area (Å²) in [7, 11) is -2.00. The van der Waals surface area contributed by atoms with Gasteiger partial charge in [-0.2, -0.15) is 0 Å². The molecule has 2 aromatic carbocycles. The van der Waals surface area contributed by atoms with Crippen LogP contribution < -0.4 is 15.2 Å². The van der Waals surface area contributed by atoms with E-state index in [1.54, 1.807) is 19.2 Å². The zero-order chi connectivity index (χ0) is 19.2. The number of aryl methyl sites for hydroxylation is 1. The molecule has 0 bridgehead atoms. The molecule has 2 aliphatic rings. The van der Waals surface area contributed by atoms with Gasteiger partial charge >= 0.3 is 0 Å². The first-order chi connectivity index (χ1) is 12.9. The molecule has 1 saturated carbocycles. The van der Waals surface area contributed by atoms with Gasteiger partial charge in [-0.05, 0) is 36.8 Å². The molecule has 1 fully saturated rings. The maximum absolute atomic E-state index is 13.4. The quantitative estimate of drug-likeness (QED) is 0.815. The van der Waals surface area contributed by atoms with E-state index in [1.165, 1.54) is 0 Å². The molecule has 3 atom stereocenters. The number of benzene rings is 2. The van der Waals surface area contributed by atoms with Gasteiger partial charge in [-0.1, -0.05) is 23.8 Å². The number of fused-ring (bicyclic) bond motifs is 1. The summed E-state index contributed by atoms with van der Waals surface area (Å²) in [5.74, 6) is 1.04. The van der Waals surface area contributed by atoms with Crippen molar-refractivity contribution in [2.24, 2.45) is 11.1 Å². The van der Waals surface area contributed by atoms with E-state index in [2.05, 4.69) is 0 Å². The fourth-order valence-corrected chi connectivity index (χ4v) is 6.62. The number of sulfone groups is 1. The van der Waals surface area contributed by atoms with Crippen molar-refractivity contribution in [3.05, 3.63) is 53.6 Å². The maximum Gasteiger partial charge on any atom is 0.231 e. The Bertz CT molecular complexity index is 957. The predicted octanol–water partition coefficient (Wildman–Crippen LogP) is 2.25. The lowest BCUT2D eigenvalue weighted by molar-refractivity contribution is 0.142. The van der Waals surface area contributed by atoms with Crippen LogP contribution in [0.1, 0.15) is 17.0 Å². The molecule has 2 N–H and O–H groups in total. The zero-order valence-electron chi connectivity index (χ0n) is 15.3. The van der Waals surface area contributed by atoms with E-state index in [4.69, 9.17) is 19.9 Å². The van der Waals surface area contributed by atoms with Gasteiger partial charge in [0.25, 0.3) is 0 Å². The van der Waals surface area contributed by atoms with Crippen LogP contribution in [-0.2, 0) is 14.6 Å². The normalized spacial score (nSPS) is 26.2. The van der Waals surface area contributed by atoms with Crippen LogP contribution in [0.15, 0.2) is 47.4 Å². The largest absolute Gasteiger partial charge is 0.454 e. The average molecular weight is 389 g/mol. The van der Waals surface area contributed by atoms with E-state index in [0.29, 0.717) is 16.4 Å². The van der Waals surface area contributed by atoms with Gasteiger partial charge in [0.05, 0.1) is 16.8 Å². The summed E-state index contributed by atoms with van der Waals surface area (Å²) in [5.41, 5.74) is 7.31. The summed E-state index contributed by atoms with van der Waals surface area (Å²) in [6, 6.07) is 12.5. The number of hydrogen-bond acceptors (Lipinski definition) is 6. The summed E-state index contributed by atoms with van der Waals surface area (Å²) >= 11 is 0. The molecule has 4 rings (SSSR count). The minimum absolute atomic E-state index is 0.175. The highest BCUT2D eigenvalue weighted by molar-refractivity contribution is 7.92. The number of hydrogen-bond donors (Lipinski definition) is 1. The molecule has 0 saturated heterocycles. The molecule has 7 heteroatoms. The minimum Gasteiger partial charge on any atom is -0.454 e. The third kappa shape index (κ3) is 2.81. The SMILES string of the molecule is COC[C@@]1(CN)[C@@H](c2ccc3c(c2)OCO3)[C@@H]1S(=O)(=O)c1ccc(C)cc1. The van der Waals surface area contributed by atoms with Crippen LogP contribution in [0, 0.1) is 12.3 Å². The van der Waals surface area contributed by atoms with Gasteiger partial charge in [0.1, 0.15) is 0 Å². The van der Waals surface area contributed by atoms with Crippen molar-refractivity contribution in [2.45, 2.75) is 23.0 Å². The van der Waals surface area contributed by atoms with E-state index in [9.17, 15) is 8.42 Å². The van der Waals surface area contributed by atoms with Crippen LogP contribution >= 0.6 is 0 Å². The molecule has 0 radical (unpaired) electrons. The summed E-state index contributed by atoms with van der Waals surface area (Å²) in [5, 5.41) is -0.641. The molecule has 1 aliphatic heterocycles. The Hall–Kier alpha value is -2.09. The Balaban J connectivity index is 1.76. The van der Waals surface area contributed by atoms with Gasteiger partial charge in [-0.15, -0.1) is 0 Å². The summed E-state index contributed by atoms with van der Waals surface area (Å²) in [6.45, 7) is 2.60. The van der Waals surface area contributed by atoms with Crippen LogP contribution in [0.2, 0.25) is 0 Å². The van der Waals surface area contributed by atoms with E-state index < -0.39 is 20.5 Å². The molecule has 0 aromatic heterocycles. The highest BCUT2D eigenvalue weighted by Gasteiger charge is 2.70. The second-order valence-electron chi connectivity index (χ2n) is 7.24. The standard InChI is InChI=1S/C20H23NO5S/c1-13-3-6-15(7-4-13)27(22,23)19-18(20(19,10-21)11-24-2)14-5-8-16-17(9-14)26-12-25-16/h3-9,18-19H,10-12,21H2,1-2H3/t18-,19-,20-/m0/s1. The van der Waals surface area contributed by atoms with Crippen molar-refractivity contribution in [2.75, 3.05) is 27.1 Å². The molecule has 27 heavy (non-hydrogen) atoms. The number of ether oxygens (including phenoxy) is 3. The summed E-state index contributed by atoms with van der Waals surface area (Å²) in [6.07, 6.45) is 0. The third-order valence-electron chi connectivity index (χ3n) is 5.61. The Labute approximate surface area is 159 Å². The van der Waals surface area contributed by atoms with Crippen LogP contribution in [0.25, 0.3) is 0 Å². The molecular formula is C20H23NO5S. The first kappa shape index (κ1) is 18.3. The fourth-order valence-electron chi connectivity index (χ4n) is 4.17. The molecule has 2 aromatic rings. The maximum atomic E-state index is 13.4. The molecule has 0 spiro atoms. The van der Waals surface area contributed by atoms with Crippen molar-refractivity contribution in [3.63, 3.8) is 0 Å². The van der Waals surface area contributed by atoms with Crippen molar-refractivity contribution >= 4 is 9.84 Å². The molecule has 6 nitrogen and oxygen atoms in total. The lowest BCUT2D eigenvalue weighted by Gasteiger charge is -2.15. The highest BCUT2D eigenvalue weighted by atomic mass is 32.2. The lowest BCUT2D eigenvalue weighted by Crippen LogP contribution is -2.28. The van der Waals surface area contributed by atoms with Gasteiger partial charge < -0.3 is 19.9 Å². The fraction of sp³-hybridized carbons (Fsp3) is 0.400. The van der Waals surface area contributed by atoms with E-state index >= 15 is 0 Å². The van der Waals surface area contributed by atoms with E-state index in [0.717, 1.165) is 11.1 Å². The van der Waals surface area contributed by atoms with Crippen LogP contribution in [0.3, 0.4) is 0 Å². The molecule has 1 aliphatic carbocycles. The van der Waals surface area contributed by atoms with Gasteiger partial charge in [0.2, 0.25) is 6.79 Å². The summed E-state index contributed by atoms with van der Waals surface area (Å²) in [4.78, 5) is 0.315. The first-order valence-electron chi connectivity index (χ1n) is 8.83. The topological polar surface area (TPSA) is 87.8 Å². The molecule has 144 valence electrons. The zero-order valence-corrected chi connectivity index (χ0v) is 16.2. The second kappa shape index (κ2) is 6.51. The molecule has 0 unspecified atom stereocenters. The van der Waals surface area contributed by atoms with Gasteiger partial charge in [0.15, 0.2) is 21.3 Å². The molecule has 0 amide bonds. The van der Waals surface area contributed by atoms with Crippen molar-refractivity contribution in [1.82, 2.24) is 0 Å². The summed E-state index contributed by atoms with van der Waals surface area (Å²) < 4.78 is 43.0. The molecular weight excluding hydrogens is 366 g/mol. The van der Waals surface area contributed by atoms with Gasteiger partial charge in [0, 0.05) is 25.0 Å². The molecule has 1 heterocycles. The number of nitrogens with two attached hydrogens (primary N) is 1. The monoisotopic (exact) mass is 389 g/mol. The van der Waals surface area contributed by atoms with Crippen molar-refractivity contribution in [3.8, 4) is 11.5 Å². The Morgan fingerprint density at radius 2 is 1.85 bits per heavy atom.